The highest BCUT2D eigenvalue weighted by Crippen LogP contribution is 2.32. The number of fused-ring (bicyclic) bond motifs is 1. The lowest BCUT2D eigenvalue weighted by Crippen LogP contribution is -2.50. The Bertz CT molecular complexity index is 1020. The van der Waals surface area contributed by atoms with Gasteiger partial charge in [-0.15, -0.1) is 0 Å². The second-order valence-electron chi connectivity index (χ2n) is 10.2. The number of nitrogens with zero attached hydrogens (tertiary/aromatic N) is 3. The molecule has 2 N–H and O–H groups in total. The lowest BCUT2D eigenvalue weighted by Gasteiger charge is -2.44. The van der Waals surface area contributed by atoms with E-state index in [4.69, 9.17) is 5.41 Å². The van der Waals surface area contributed by atoms with Crippen molar-refractivity contribution in [3.63, 3.8) is 0 Å². The number of pyridine rings is 1. The topological polar surface area (TPSA) is 55.3 Å². The molecule has 5 rings (SSSR count). The van der Waals surface area contributed by atoms with E-state index in [1.807, 2.05) is 25.1 Å². The molecule has 0 spiro atoms. The summed E-state index contributed by atoms with van der Waals surface area (Å²) in [4.78, 5) is 9.46. The molecule has 0 radical (unpaired) electrons. The first-order valence-corrected chi connectivity index (χ1v) is 12.7. The Balaban J connectivity index is 1.29. The largest absolute Gasteiger partial charge is 0.350 e. The van der Waals surface area contributed by atoms with Gasteiger partial charge in [-0.25, -0.2) is 0 Å². The van der Waals surface area contributed by atoms with Crippen LogP contribution in [-0.2, 0) is 6.54 Å². The van der Waals surface area contributed by atoms with Crippen LogP contribution in [0.1, 0.15) is 67.3 Å². The van der Waals surface area contributed by atoms with Gasteiger partial charge in [0.2, 0.25) is 0 Å². The average molecular weight is 444 g/mol. The van der Waals surface area contributed by atoms with E-state index in [2.05, 4.69) is 38.8 Å². The van der Waals surface area contributed by atoms with E-state index < -0.39 is 0 Å². The van der Waals surface area contributed by atoms with E-state index in [1.54, 1.807) is 6.20 Å². The lowest BCUT2D eigenvalue weighted by atomic mass is 9.88. The van der Waals surface area contributed by atoms with Crippen LogP contribution in [0.15, 0.2) is 48.9 Å². The molecule has 2 aromatic rings. The van der Waals surface area contributed by atoms with Gasteiger partial charge < -0.3 is 15.1 Å². The molecule has 3 aliphatic rings. The molecule has 3 heterocycles. The van der Waals surface area contributed by atoms with E-state index in [-0.39, 0.29) is 0 Å². The lowest BCUT2D eigenvalue weighted by molar-refractivity contribution is 0.0971. The number of nitrogens with one attached hydrogen (secondary N) is 2. The highest BCUT2D eigenvalue weighted by Gasteiger charge is 2.30. The van der Waals surface area contributed by atoms with Crippen LogP contribution < -0.4 is 5.32 Å². The van der Waals surface area contributed by atoms with Gasteiger partial charge in [-0.05, 0) is 74.9 Å². The summed E-state index contributed by atoms with van der Waals surface area (Å²) in [6.45, 7) is 10.9. The average Bonchev–Trinajstić information content (AvgIpc) is 2.84. The molecule has 1 atom stereocenters. The Morgan fingerprint density at radius 1 is 1.09 bits per heavy atom. The molecule has 174 valence electrons. The van der Waals surface area contributed by atoms with E-state index in [9.17, 15) is 0 Å². The summed E-state index contributed by atoms with van der Waals surface area (Å²) in [6, 6.07) is 10.7. The van der Waals surface area contributed by atoms with Crippen molar-refractivity contribution in [2.75, 3.05) is 25.0 Å². The van der Waals surface area contributed by atoms with Gasteiger partial charge in [-0.1, -0.05) is 31.9 Å². The molecule has 33 heavy (non-hydrogen) atoms. The van der Waals surface area contributed by atoms with Crippen molar-refractivity contribution in [1.29, 1.82) is 5.41 Å². The second-order valence-corrected chi connectivity index (χ2v) is 10.2. The van der Waals surface area contributed by atoms with Crippen LogP contribution in [0.25, 0.3) is 0 Å². The highest BCUT2D eigenvalue weighted by atomic mass is 15.3. The Labute approximate surface area is 198 Å². The molecule has 1 aliphatic carbocycles. The molecule has 0 unspecified atom stereocenters. The molecule has 1 aromatic heterocycles. The minimum absolute atomic E-state index is 0.501. The highest BCUT2D eigenvalue weighted by molar-refractivity contribution is 6.11. The first-order chi connectivity index (χ1) is 16.1. The number of hydrogen-bond donors (Lipinski definition) is 2. The predicted octanol–water partition coefficient (Wildman–Crippen LogP) is 5.55. The fourth-order valence-corrected chi connectivity index (χ4v) is 5.91. The summed E-state index contributed by atoms with van der Waals surface area (Å²) >= 11 is 0. The number of aromatic nitrogens is 1. The summed E-state index contributed by atoms with van der Waals surface area (Å²) in [6.07, 6.45) is 11.4. The molecule has 5 heteroatoms. The number of hydrogen-bond acceptors (Lipinski definition) is 5. The Kier molecular flexibility index (Phi) is 6.50. The zero-order valence-electron chi connectivity index (χ0n) is 19.9. The third-order valence-corrected chi connectivity index (χ3v) is 7.71. The van der Waals surface area contributed by atoms with Crippen LogP contribution >= 0.6 is 0 Å². The molecule has 1 saturated carbocycles. The van der Waals surface area contributed by atoms with Crippen LogP contribution in [0.2, 0.25) is 0 Å². The predicted molar refractivity (Wildman–Crippen MR) is 136 cm³/mol. The minimum atomic E-state index is 0.501. The van der Waals surface area contributed by atoms with Gasteiger partial charge in [0.1, 0.15) is 0 Å². The molecule has 0 amide bonds. The molecule has 5 nitrogen and oxygen atoms in total. The Hall–Kier alpha value is -2.66. The van der Waals surface area contributed by atoms with Crippen LogP contribution in [0, 0.1) is 18.3 Å². The number of benzene rings is 1. The SMILES string of the molecule is C=C1Nc2ccc(C(=N)c3ccnc(C)c3)cc2CN1[C@@H]1CCCN(CC2CCCCC2)C1. The molecular weight excluding hydrogens is 406 g/mol. The van der Waals surface area contributed by atoms with Crippen molar-refractivity contribution in [2.24, 2.45) is 5.92 Å². The van der Waals surface area contributed by atoms with Crippen LogP contribution in [-0.4, -0.2) is 46.2 Å². The molecule has 0 bridgehead atoms. The number of piperidine rings is 1. The summed E-state index contributed by atoms with van der Waals surface area (Å²) in [5.74, 6) is 1.91. The summed E-state index contributed by atoms with van der Waals surface area (Å²) < 4.78 is 0. The van der Waals surface area contributed by atoms with Gasteiger partial charge in [0.25, 0.3) is 0 Å². The zero-order valence-corrected chi connectivity index (χ0v) is 19.9. The number of likely N-dealkylation sites (tertiary alicyclic amines) is 1. The minimum Gasteiger partial charge on any atom is -0.350 e. The molecular formula is C28H37N5. The quantitative estimate of drug-likeness (QED) is 0.595. The molecule has 1 saturated heterocycles. The molecule has 2 fully saturated rings. The van der Waals surface area contributed by atoms with Crippen LogP contribution in [0.3, 0.4) is 0 Å². The second kappa shape index (κ2) is 9.68. The molecule has 1 aromatic carbocycles. The first-order valence-electron chi connectivity index (χ1n) is 12.7. The van der Waals surface area contributed by atoms with Crippen molar-refractivity contribution in [1.82, 2.24) is 14.8 Å². The number of anilines is 1. The first kappa shape index (κ1) is 22.1. The third-order valence-electron chi connectivity index (χ3n) is 7.71. The number of rotatable bonds is 5. The smallest absolute Gasteiger partial charge is 0.0989 e. The maximum atomic E-state index is 8.73. The van der Waals surface area contributed by atoms with E-state index in [1.165, 1.54) is 63.6 Å². The van der Waals surface area contributed by atoms with E-state index in [0.29, 0.717) is 11.8 Å². The van der Waals surface area contributed by atoms with Gasteiger partial charge >= 0.3 is 0 Å². The van der Waals surface area contributed by atoms with Gasteiger partial charge in [0.05, 0.1) is 11.5 Å². The van der Waals surface area contributed by atoms with Gasteiger partial charge in [0.15, 0.2) is 0 Å². The fraction of sp³-hybridized carbons (Fsp3) is 0.500. The Morgan fingerprint density at radius 3 is 2.73 bits per heavy atom. The van der Waals surface area contributed by atoms with Crippen molar-refractivity contribution in [3.05, 3.63) is 71.3 Å². The zero-order chi connectivity index (χ0) is 22.8. The fourth-order valence-electron chi connectivity index (χ4n) is 5.91. The summed E-state index contributed by atoms with van der Waals surface area (Å²) in [5.41, 5.74) is 5.73. The summed E-state index contributed by atoms with van der Waals surface area (Å²) in [7, 11) is 0. The summed E-state index contributed by atoms with van der Waals surface area (Å²) in [5, 5.41) is 12.3. The van der Waals surface area contributed by atoms with Crippen molar-refractivity contribution in [2.45, 2.75) is 64.5 Å². The van der Waals surface area contributed by atoms with E-state index in [0.717, 1.165) is 47.3 Å². The third kappa shape index (κ3) is 4.98. The van der Waals surface area contributed by atoms with E-state index >= 15 is 0 Å². The van der Waals surface area contributed by atoms with Crippen LogP contribution in [0.4, 0.5) is 5.69 Å². The normalized spacial score (nSPS) is 22.0. The van der Waals surface area contributed by atoms with Crippen LogP contribution in [0.5, 0.6) is 0 Å². The van der Waals surface area contributed by atoms with Crippen molar-refractivity contribution < 1.29 is 0 Å². The van der Waals surface area contributed by atoms with Gasteiger partial charge in [-0.3, -0.25) is 10.4 Å². The van der Waals surface area contributed by atoms with Gasteiger partial charge in [0, 0.05) is 54.4 Å². The maximum absolute atomic E-state index is 8.73. The van der Waals surface area contributed by atoms with Crippen molar-refractivity contribution in [3.8, 4) is 0 Å². The number of aryl methyl sites for hydroxylation is 1. The maximum Gasteiger partial charge on any atom is 0.0989 e. The van der Waals surface area contributed by atoms with Gasteiger partial charge in [-0.2, -0.15) is 0 Å². The monoisotopic (exact) mass is 443 g/mol. The molecule has 2 aliphatic heterocycles. The standard InChI is InChI=1S/C28H37N5/c1-20-15-24(12-13-30-20)28(29)23-10-11-27-25(16-23)18-33(21(2)31-27)26-9-6-14-32(19-26)17-22-7-4-3-5-8-22/h10-13,15-16,22,26,29,31H,2-9,14,17-19H2,1H3/t26-/m1/s1. The Morgan fingerprint density at radius 2 is 1.91 bits per heavy atom. The van der Waals surface area contributed by atoms with Crippen molar-refractivity contribution >= 4 is 11.4 Å².